The highest BCUT2D eigenvalue weighted by Crippen LogP contribution is 2.30. The summed E-state index contributed by atoms with van der Waals surface area (Å²) in [6, 6.07) is 5.20. The molecule has 0 saturated heterocycles. The minimum atomic E-state index is -0.596. The summed E-state index contributed by atoms with van der Waals surface area (Å²) in [5.41, 5.74) is 0.847. The predicted octanol–water partition coefficient (Wildman–Crippen LogP) is 3.02. The van der Waals surface area contributed by atoms with Crippen molar-refractivity contribution < 1.29 is 14.4 Å². The summed E-state index contributed by atoms with van der Waals surface area (Å²) in [5, 5.41) is 13.7. The first-order valence-corrected chi connectivity index (χ1v) is 6.23. The second-order valence-corrected chi connectivity index (χ2v) is 4.82. The zero-order valence-corrected chi connectivity index (χ0v) is 11.6. The fourth-order valence-corrected chi connectivity index (χ4v) is 1.86. The van der Waals surface area contributed by atoms with E-state index in [1.165, 1.54) is 0 Å². The number of nitrogens with zero attached hydrogens (tertiary/aromatic N) is 2. The van der Waals surface area contributed by atoms with E-state index in [0.717, 1.165) is 5.56 Å². The van der Waals surface area contributed by atoms with Gasteiger partial charge in [0.25, 0.3) is 5.89 Å². The third-order valence-electron chi connectivity index (χ3n) is 3.01. The van der Waals surface area contributed by atoms with Crippen molar-refractivity contribution in [3.05, 3.63) is 29.6 Å². The topological polar surface area (TPSA) is 68.4 Å². The number of aromatic nitrogens is 2. The van der Waals surface area contributed by atoms with Crippen molar-refractivity contribution in [2.45, 2.75) is 33.3 Å². The number of ether oxygens (including phenoxy) is 1. The lowest BCUT2D eigenvalue weighted by Crippen LogP contribution is -2.23. The fourth-order valence-electron chi connectivity index (χ4n) is 1.86. The Morgan fingerprint density at radius 2 is 2.11 bits per heavy atom. The zero-order valence-electron chi connectivity index (χ0n) is 11.6. The van der Waals surface area contributed by atoms with Crippen molar-refractivity contribution in [3.63, 3.8) is 0 Å². The van der Waals surface area contributed by atoms with E-state index in [2.05, 4.69) is 10.1 Å². The van der Waals surface area contributed by atoms with Gasteiger partial charge in [-0.25, -0.2) is 0 Å². The quantitative estimate of drug-likeness (QED) is 0.917. The summed E-state index contributed by atoms with van der Waals surface area (Å²) in [7, 11) is 0. The van der Waals surface area contributed by atoms with E-state index in [1.54, 1.807) is 12.1 Å². The molecule has 0 fully saturated rings. The van der Waals surface area contributed by atoms with Crippen LogP contribution < -0.4 is 0 Å². The molecule has 1 aromatic carbocycles. The van der Waals surface area contributed by atoms with Crippen LogP contribution in [0.25, 0.3) is 11.5 Å². The lowest BCUT2D eigenvalue weighted by molar-refractivity contribution is -0.0221. The molecule has 2 aromatic rings. The van der Waals surface area contributed by atoms with Gasteiger partial charge < -0.3 is 14.4 Å². The third kappa shape index (κ3) is 2.61. The predicted molar refractivity (Wildman–Crippen MR) is 70.8 cm³/mol. The van der Waals surface area contributed by atoms with E-state index in [-0.39, 0.29) is 5.75 Å². The Labute approximate surface area is 112 Å². The standard InChI is InChI=1S/C14H18N2O3/c1-5-18-14(3,4)13-15-12(19-16-13)10-7-6-8-11(17)9(10)2/h6-8,17H,5H2,1-4H3. The van der Waals surface area contributed by atoms with Crippen molar-refractivity contribution >= 4 is 0 Å². The number of hydrogen-bond acceptors (Lipinski definition) is 5. The van der Waals surface area contributed by atoms with Gasteiger partial charge in [0, 0.05) is 17.7 Å². The Hall–Kier alpha value is -1.88. The molecule has 1 aromatic heterocycles. The van der Waals surface area contributed by atoms with Gasteiger partial charge in [-0.05, 0) is 39.8 Å². The molecule has 0 spiro atoms. The molecule has 0 saturated carbocycles. The van der Waals surface area contributed by atoms with Gasteiger partial charge in [0.2, 0.25) is 5.82 Å². The Bertz CT molecular complexity index is 576. The molecule has 1 N–H and O–H groups in total. The van der Waals surface area contributed by atoms with Gasteiger partial charge in [-0.2, -0.15) is 4.98 Å². The van der Waals surface area contributed by atoms with Crippen LogP contribution in [0.3, 0.4) is 0 Å². The summed E-state index contributed by atoms with van der Waals surface area (Å²) in [4.78, 5) is 4.36. The molecule has 5 heteroatoms. The minimum absolute atomic E-state index is 0.210. The van der Waals surface area contributed by atoms with Crippen LogP contribution in [0, 0.1) is 6.92 Å². The second-order valence-electron chi connectivity index (χ2n) is 4.82. The third-order valence-corrected chi connectivity index (χ3v) is 3.01. The molecule has 0 amide bonds. The van der Waals surface area contributed by atoms with E-state index in [1.807, 2.05) is 33.8 Å². The smallest absolute Gasteiger partial charge is 0.258 e. The van der Waals surface area contributed by atoms with Crippen molar-refractivity contribution in [3.8, 4) is 17.2 Å². The molecule has 102 valence electrons. The number of phenolic OH excluding ortho intramolecular Hbond substituents is 1. The van der Waals surface area contributed by atoms with Crippen molar-refractivity contribution in [1.29, 1.82) is 0 Å². The lowest BCUT2D eigenvalue weighted by atomic mass is 10.1. The van der Waals surface area contributed by atoms with Crippen molar-refractivity contribution in [2.75, 3.05) is 6.61 Å². The highest BCUT2D eigenvalue weighted by atomic mass is 16.5. The van der Waals surface area contributed by atoms with Crippen LogP contribution in [0.2, 0.25) is 0 Å². The Balaban J connectivity index is 2.39. The largest absolute Gasteiger partial charge is 0.508 e. The van der Waals surface area contributed by atoms with E-state index >= 15 is 0 Å². The first-order chi connectivity index (χ1) is 8.95. The number of hydrogen-bond donors (Lipinski definition) is 1. The molecular formula is C14H18N2O3. The molecule has 2 rings (SSSR count). The highest BCUT2D eigenvalue weighted by Gasteiger charge is 2.27. The normalized spacial score (nSPS) is 11.8. The molecule has 1 heterocycles. The van der Waals surface area contributed by atoms with Gasteiger partial charge in [-0.1, -0.05) is 11.2 Å². The first-order valence-electron chi connectivity index (χ1n) is 6.23. The molecule has 19 heavy (non-hydrogen) atoms. The van der Waals surface area contributed by atoms with Gasteiger partial charge in [0.05, 0.1) is 0 Å². The summed E-state index contributed by atoms with van der Waals surface area (Å²) >= 11 is 0. The van der Waals surface area contributed by atoms with Crippen LogP contribution in [0.5, 0.6) is 5.75 Å². The summed E-state index contributed by atoms with van der Waals surface area (Å²) in [5.74, 6) is 1.09. The van der Waals surface area contributed by atoms with Gasteiger partial charge >= 0.3 is 0 Å². The van der Waals surface area contributed by atoms with Crippen LogP contribution in [-0.2, 0) is 10.3 Å². The van der Waals surface area contributed by atoms with Crippen molar-refractivity contribution in [1.82, 2.24) is 10.1 Å². The zero-order chi connectivity index (χ0) is 14.0. The number of aromatic hydroxyl groups is 1. The van der Waals surface area contributed by atoms with Crippen LogP contribution in [0.15, 0.2) is 22.7 Å². The van der Waals surface area contributed by atoms with Gasteiger partial charge in [0.1, 0.15) is 11.4 Å². The lowest BCUT2D eigenvalue weighted by Gasteiger charge is -2.19. The van der Waals surface area contributed by atoms with Gasteiger partial charge in [0.15, 0.2) is 0 Å². The second kappa shape index (κ2) is 5.01. The molecule has 0 aliphatic carbocycles. The van der Waals surface area contributed by atoms with Crippen LogP contribution in [0.1, 0.15) is 32.2 Å². The fraction of sp³-hybridized carbons (Fsp3) is 0.429. The van der Waals surface area contributed by atoms with E-state index in [9.17, 15) is 5.11 Å². The van der Waals surface area contributed by atoms with Crippen LogP contribution in [0.4, 0.5) is 0 Å². The van der Waals surface area contributed by atoms with E-state index < -0.39 is 5.60 Å². The molecule has 5 nitrogen and oxygen atoms in total. The maximum atomic E-state index is 9.70. The maximum Gasteiger partial charge on any atom is 0.258 e. The molecule has 0 aliphatic heterocycles. The number of phenols is 1. The van der Waals surface area contributed by atoms with Gasteiger partial charge in [-0.15, -0.1) is 0 Å². The molecule has 0 atom stereocenters. The maximum absolute atomic E-state index is 9.70. The summed E-state index contributed by atoms with van der Waals surface area (Å²) in [6.07, 6.45) is 0. The van der Waals surface area contributed by atoms with E-state index in [4.69, 9.17) is 9.26 Å². The summed E-state index contributed by atoms with van der Waals surface area (Å²) < 4.78 is 10.9. The minimum Gasteiger partial charge on any atom is -0.508 e. The monoisotopic (exact) mass is 262 g/mol. The molecule has 0 aliphatic rings. The Morgan fingerprint density at radius 3 is 2.79 bits per heavy atom. The van der Waals surface area contributed by atoms with E-state index in [0.29, 0.717) is 23.9 Å². The number of rotatable bonds is 4. The molecule has 0 radical (unpaired) electrons. The van der Waals surface area contributed by atoms with Gasteiger partial charge in [-0.3, -0.25) is 0 Å². The Kier molecular flexibility index (Phi) is 3.57. The molecule has 0 bridgehead atoms. The first kappa shape index (κ1) is 13.5. The summed E-state index contributed by atoms with van der Waals surface area (Å²) in [6.45, 7) is 8.08. The SMILES string of the molecule is CCOC(C)(C)c1noc(-c2cccc(O)c2C)n1. The molecular weight excluding hydrogens is 244 g/mol. The Morgan fingerprint density at radius 1 is 1.37 bits per heavy atom. The molecule has 0 unspecified atom stereocenters. The average molecular weight is 262 g/mol. The number of benzene rings is 1. The van der Waals surface area contributed by atoms with Crippen molar-refractivity contribution in [2.24, 2.45) is 0 Å². The average Bonchev–Trinajstić information content (AvgIpc) is 2.82. The van der Waals surface area contributed by atoms with Crippen LogP contribution in [-0.4, -0.2) is 21.9 Å². The highest BCUT2D eigenvalue weighted by molar-refractivity contribution is 5.61. The van der Waals surface area contributed by atoms with Crippen LogP contribution >= 0.6 is 0 Å².